The summed E-state index contributed by atoms with van der Waals surface area (Å²) in [7, 11) is -2.28. The molecule has 1 unspecified atom stereocenters. The summed E-state index contributed by atoms with van der Waals surface area (Å²) in [6.45, 7) is 0.370. The number of carbonyl (C=O) groups excluding carboxylic acids is 1. The molecule has 2 heterocycles. The van der Waals surface area contributed by atoms with E-state index >= 15 is 0 Å². The number of carboxylic acid groups (broad SMARTS) is 3. The predicted molar refractivity (Wildman–Crippen MR) is 155 cm³/mol. The molecule has 1 amide bonds. The zero-order valence-corrected chi connectivity index (χ0v) is 24.0. The van der Waals surface area contributed by atoms with E-state index in [0.29, 0.717) is 23.4 Å². The number of amides is 1. The molecule has 0 aliphatic heterocycles. The first-order chi connectivity index (χ1) is 20.5. The number of nitrogens with two attached hydrogens (primary N) is 3. The first-order valence-corrected chi connectivity index (χ1v) is 14.1. The summed E-state index contributed by atoms with van der Waals surface area (Å²) in [6, 6.07) is 3.92. The van der Waals surface area contributed by atoms with E-state index in [2.05, 4.69) is 25.3 Å². The molecule has 3 rings (SSSR count). The average molecular weight is 638 g/mol. The van der Waals surface area contributed by atoms with Crippen molar-refractivity contribution in [3.63, 3.8) is 0 Å². The normalized spacial score (nSPS) is 12.3. The van der Waals surface area contributed by atoms with Crippen LogP contribution in [0.5, 0.6) is 0 Å². The maximum Gasteiger partial charge on any atom is 0.326 e. The molecule has 1 aromatic carbocycles. The number of aromatic nitrogens is 4. The third-order valence-corrected chi connectivity index (χ3v) is 6.48. The zero-order chi connectivity index (χ0) is 33.2. The minimum atomic E-state index is -4.10. The van der Waals surface area contributed by atoms with Crippen LogP contribution in [0.1, 0.15) is 35.3 Å². The van der Waals surface area contributed by atoms with Gasteiger partial charge in [-0.25, -0.2) is 14.8 Å². The molecule has 3 aromatic rings. The van der Waals surface area contributed by atoms with Crippen molar-refractivity contribution >= 4 is 62.6 Å². The standard InChI is InChI=1S/C20H22N8O5.C4H9NO5S/c1-28(9-11-8-23-17-15(24-11)16(21)26-20(22)27-17)12-4-2-10(3-5-12)18(31)25-13(19(32)33)6-7-14(29)30;5-3(4(6)7)1-2-11(8,9)10/h2-5,8,13H,6-7,9H2,1H3,(H,25,31)(H,29,30)(H,32,33)(H4,21,22,23,26,27);3H,1-2,5H2,(H,6,7)(H,8,9,10)/t13-;/m0./s1. The Hall–Kier alpha value is -5.21. The summed E-state index contributed by atoms with van der Waals surface area (Å²) in [4.78, 5) is 62.7. The van der Waals surface area contributed by atoms with Crippen LogP contribution in [0.15, 0.2) is 30.5 Å². The van der Waals surface area contributed by atoms with Gasteiger partial charge in [0.15, 0.2) is 17.0 Å². The number of nitrogens with zero attached hydrogens (tertiary/aromatic N) is 5. The fourth-order valence-corrected chi connectivity index (χ4v) is 3.98. The van der Waals surface area contributed by atoms with E-state index in [1.165, 1.54) is 12.1 Å². The Morgan fingerprint density at radius 2 is 1.61 bits per heavy atom. The highest BCUT2D eigenvalue weighted by Crippen LogP contribution is 2.19. The topological polar surface area (TPSA) is 328 Å². The lowest BCUT2D eigenvalue weighted by molar-refractivity contribution is -0.141. The first-order valence-electron chi connectivity index (χ1n) is 12.5. The molecule has 11 N–H and O–H groups in total. The number of nitrogen functional groups attached to an aromatic ring is 2. The van der Waals surface area contributed by atoms with Crippen LogP contribution in [0.2, 0.25) is 0 Å². The smallest absolute Gasteiger partial charge is 0.326 e. The molecule has 2 aromatic heterocycles. The van der Waals surface area contributed by atoms with Crippen LogP contribution in [0.4, 0.5) is 17.5 Å². The Kier molecular flexibility index (Phi) is 12.2. The first kappa shape index (κ1) is 35.0. The van der Waals surface area contributed by atoms with E-state index in [1.54, 1.807) is 18.3 Å². The quantitative estimate of drug-likeness (QED) is 0.104. The molecule has 19 nitrogen and oxygen atoms in total. The molecule has 0 spiro atoms. The third kappa shape index (κ3) is 11.2. The maximum absolute atomic E-state index is 12.4. The molecule has 0 saturated heterocycles. The monoisotopic (exact) mass is 637 g/mol. The SMILES string of the molecule is CN(Cc1cnc2nc(N)nc(N)c2n1)c1ccc(C(=O)N[C@@H](CCC(=O)O)C(=O)O)cc1.NC(CCS(=O)(=O)O)C(=O)O. The van der Waals surface area contributed by atoms with Gasteiger partial charge in [0, 0.05) is 24.7 Å². The molecule has 0 bridgehead atoms. The van der Waals surface area contributed by atoms with Crippen LogP contribution >= 0.6 is 0 Å². The highest BCUT2D eigenvalue weighted by Gasteiger charge is 2.22. The van der Waals surface area contributed by atoms with Crippen molar-refractivity contribution in [2.45, 2.75) is 37.9 Å². The number of hydrogen-bond donors (Lipinski definition) is 8. The van der Waals surface area contributed by atoms with Crippen molar-refractivity contribution in [1.82, 2.24) is 25.3 Å². The number of nitrogens with one attached hydrogen (secondary N) is 1. The van der Waals surface area contributed by atoms with E-state index in [4.69, 9.17) is 32.0 Å². The average Bonchev–Trinajstić information content (AvgIpc) is 2.93. The van der Waals surface area contributed by atoms with Gasteiger partial charge in [-0.3, -0.25) is 18.9 Å². The molecule has 0 radical (unpaired) electrons. The van der Waals surface area contributed by atoms with Gasteiger partial charge in [0.25, 0.3) is 16.0 Å². The van der Waals surface area contributed by atoms with Gasteiger partial charge < -0.3 is 42.7 Å². The van der Waals surface area contributed by atoms with Crippen LogP contribution < -0.4 is 27.4 Å². The summed E-state index contributed by atoms with van der Waals surface area (Å²) in [5.41, 5.74) is 18.6. The molecule has 44 heavy (non-hydrogen) atoms. The largest absolute Gasteiger partial charge is 0.481 e. The summed E-state index contributed by atoms with van der Waals surface area (Å²) in [6.07, 6.45) is 0.680. The summed E-state index contributed by atoms with van der Waals surface area (Å²) in [5, 5.41) is 28.4. The Balaban J connectivity index is 0.000000523. The van der Waals surface area contributed by atoms with Gasteiger partial charge in [0.05, 0.1) is 24.2 Å². The molecule has 0 fully saturated rings. The Morgan fingerprint density at radius 1 is 0.977 bits per heavy atom. The number of carbonyl (C=O) groups is 4. The van der Waals surface area contributed by atoms with Gasteiger partial charge in [-0.2, -0.15) is 18.4 Å². The summed E-state index contributed by atoms with van der Waals surface area (Å²) >= 11 is 0. The van der Waals surface area contributed by atoms with E-state index in [9.17, 15) is 32.7 Å². The molecule has 20 heteroatoms. The lowest BCUT2D eigenvalue weighted by Crippen LogP contribution is -2.41. The van der Waals surface area contributed by atoms with Crippen molar-refractivity contribution in [1.29, 1.82) is 0 Å². The Bertz CT molecular complexity index is 1620. The minimum absolute atomic E-state index is 0.0138. The second kappa shape index (κ2) is 15.3. The minimum Gasteiger partial charge on any atom is -0.481 e. The van der Waals surface area contributed by atoms with Crippen molar-refractivity contribution in [2.24, 2.45) is 5.73 Å². The predicted octanol–water partition coefficient (Wildman–Crippen LogP) is -1.06. The van der Waals surface area contributed by atoms with Crippen molar-refractivity contribution in [3.8, 4) is 0 Å². The van der Waals surface area contributed by atoms with Crippen LogP contribution in [0.3, 0.4) is 0 Å². The number of fused-ring (bicyclic) bond motifs is 1. The number of rotatable bonds is 13. The lowest BCUT2D eigenvalue weighted by atomic mass is 10.1. The molecule has 238 valence electrons. The van der Waals surface area contributed by atoms with Crippen molar-refractivity contribution < 1.29 is 47.5 Å². The van der Waals surface area contributed by atoms with E-state index in [1.807, 2.05) is 11.9 Å². The number of anilines is 3. The molecular formula is C24H31N9O10S. The summed E-state index contributed by atoms with van der Waals surface area (Å²) < 4.78 is 28.3. The number of benzene rings is 1. The van der Waals surface area contributed by atoms with E-state index in [-0.39, 0.29) is 36.6 Å². The second-order valence-electron chi connectivity index (χ2n) is 9.22. The van der Waals surface area contributed by atoms with Gasteiger partial charge in [-0.05, 0) is 37.1 Å². The van der Waals surface area contributed by atoms with Gasteiger partial charge >= 0.3 is 17.9 Å². The Labute approximate surface area is 249 Å². The van der Waals surface area contributed by atoms with Crippen LogP contribution in [-0.2, 0) is 31.0 Å². The van der Waals surface area contributed by atoms with E-state index in [0.717, 1.165) is 5.69 Å². The molecule has 0 aliphatic carbocycles. The van der Waals surface area contributed by atoms with E-state index < -0.39 is 51.8 Å². The molecular weight excluding hydrogens is 606 g/mol. The van der Waals surface area contributed by atoms with Gasteiger partial charge in [0.2, 0.25) is 5.95 Å². The van der Waals surface area contributed by atoms with Crippen LogP contribution in [-0.4, -0.2) is 96.9 Å². The van der Waals surface area contributed by atoms with Crippen molar-refractivity contribution in [3.05, 3.63) is 41.7 Å². The number of aliphatic carboxylic acids is 3. The highest BCUT2D eigenvalue weighted by atomic mass is 32.2. The molecule has 0 saturated carbocycles. The number of carboxylic acids is 3. The van der Waals surface area contributed by atoms with Gasteiger partial charge in [-0.1, -0.05) is 0 Å². The maximum atomic E-state index is 12.4. The van der Waals surface area contributed by atoms with Gasteiger partial charge in [0.1, 0.15) is 12.1 Å². The van der Waals surface area contributed by atoms with Crippen LogP contribution in [0, 0.1) is 0 Å². The van der Waals surface area contributed by atoms with Crippen molar-refractivity contribution in [2.75, 3.05) is 29.2 Å². The summed E-state index contributed by atoms with van der Waals surface area (Å²) in [5.74, 6) is -4.82. The molecule has 2 atom stereocenters. The number of hydrogen-bond acceptors (Lipinski definition) is 14. The van der Waals surface area contributed by atoms with Gasteiger partial charge in [-0.15, -0.1) is 0 Å². The Morgan fingerprint density at radius 3 is 2.16 bits per heavy atom. The molecule has 0 aliphatic rings. The fraction of sp³-hybridized carbons (Fsp3) is 0.333. The highest BCUT2D eigenvalue weighted by molar-refractivity contribution is 7.85. The second-order valence-corrected chi connectivity index (χ2v) is 10.8. The third-order valence-electron chi connectivity index (χ3n) is 5.72. The zero-order valence-electron chi connectivity index (χ0n) is 23.2. The van der Waals surface area contributed by atoms with Crippen LogP contribution in [0.25, 0.3) is 11.2 Å². The lowest BCUT2D eigenvalue weighted by Gasteiger charge is -2.19. The fourth-order valence-electron chi connectivity index (χ4n) is 3.43.